The van der Waals surface area contributed by atoms with Crippen LogP contribution in [0.25, 0.3) is 21.5 Å². The summed E-state index contributed by atoms with van der Waals surface area (Å²) in [5.74, 6) is 0. The fourth-order valence-electron chi connectivity index (χ4n) is 4.91. The molecular formula is C32H36O6. The zero-order valence-electron chi connectivity index (χ0n) is 21.8. The van der Waals surface area contributed by atoms with E-state index >= 15 is 0 Å². The fraction of sp³-hybridized carbons (Fsp3) is 0.375. The van der Waals surface area contributed by atoms with Gasteiger partial charge < -0.3 is 28.4 Å². The van der Waals surface area contributed by atoms with Gasteiger partial charge in [-0.1, -0.05) is 84.9 Å². The molecule has 4 aromatic carbocycles. The Hall–Kier alpha value is -2.84. The quantitative estimate of drug-likeness (QED) is 0.331. The Bertz CT molecular complexity index is 1170. The summed E-state index contributed by atoms with van der Waals surface area (Å²) in [7, 11) is 0. The van der Waals surface area contributed by atoms with Crippen molar-refractivity contribution in [3.63, 3.8) is 0 Å². The lowest BCUT2D eigenvalue weighted by Crippen LogP contribution is -2.23. The van der Waals surface area contributed by atoms with E-state index in [-0.39, 0.29) is 12.2 Å². The van der Waals surface area contributed by atoms with E-state index in [0.29, 0.717) is 66.1 Å². The van der Waals surface area contributed by atoms with E-state index in [2.05, 4.69) is 84.9 Å². The number of ether oxygens (including phenoxy) is 6. The minimum Gasteiger partial charge on any atom is -0.377 e. The van der Waals surface area contributed by atoms with E-state index in [1.807, 2.05) is 0 Å². The Balaban J connectivity index is 1.50. The van der Waals surface area contributed by atoms with Crippen LogP contribution in [-0.2, 0) is 28.4 Å². The van der Waals surface area contributed by atoms with Crippen molar-refractivity contribution in [2.24, 2.45) is 0 Å². The third-order valence-electron chi connectivity index (χ3n) is 6.70. The van der Waals surface area contributed by atoms with E-state index < -0.39 is 0 Å². The van der Waals surface area contributed by atoms with E-state index in [1.165, 1.54) is 10.8 Å². The predicted octanol–water partition coefficient (Wildman–Crippen LogP) is 5.89. The van der Waals surface area contributed by atoms with E-state index in [0.717, 1.165) is 21.9 Å². The van der Waals surface area contributed by atoms with Crippen molar-refractivity contribution >= 4 is 21.5 Å². The zero-order chi connectivity index (χ0) is 25.8. The molecule has 0 spiro atoms. The molecule has 0 aromatic heterocycles. The molecule has 0 saturated carbocycles. The molecule has 0 unspecified atom stereocenters. The lowest BCUT2D eigenvalue weighted by molar-refractivity contribution is -0.102. The van der Waals surface area contributed by atoms with Gasteiger partial charge >= 0.3 is 0 Å². The Morgan fingerprint density at radius 2 is 0.711 bits per heavy atom. The van der Waals surface area contributed by atoms with E-state index in [9.17, 15) is 0 Å². The van der Waals surface area contributed by atoms with Crippen LogP contribution >= 0.6 is 0 Å². The number of benzene rings is 4. The highest BCUT2D eigenvalue weighted by Crippen LogP contribution is 2.40. The molecule has 1 saturated heterocycles. The molecule has 1 aliphatic rings. The molecule has 0 bridgehead atoms. The summed E-state index contributed by atoms with van der Waals surface area (Å²) in [4.78, 5) is 0. The van der Waals surface area contributed by atoms with Gasteiger partial charge in [0.15, 0.2) is 0 Å². The molecule has 6 heteroatoms. The molecule has 1 heterocycles. The van der Waals surface area contributed by atoms with Crippen LogP contribution in [0.15, 0.2) is 84.9 Å². The number of hydrogen-bond acceptors (Lipinski definition) is 6. The van der Waals surface area contributed by atoms with Crippen LogP contribution in [0.1, 0.15) is 23.3 Å². The van der Waals surface area contributed by atoms with Crippen LogP contribution in [0.5, 0.6) is 0 Å². The minimum atomic E-state index is -0.353. The number of fused-ring (bicyclic) bond motifs is 2. The van der Waals surface area contributed by atoms with Crippen LogP contribution < -0.4 is 0 Å². The minimum absolute atomic E-state index is 0.353. The van der Waals surface area contributed by atoms with Crippen molar-refractivity contribution in [3.05, 3.63) is 96.1 Å². The van der Waals surface area contributed by atoms with Gasteiger partial charge in [-0.2, -0.15) is 0 Å². The van der Waals surface area contributed by atoms with Gasteiger partial charge in [0.2, 0.25) is 0 Å². The second-order valence-corrected chi connectivity index (χ2v) is 9.17. The first-order chi connectivity index (χ1) is 18.9. The third kappa shape index (κ3) is 6.97. The first-order valence-corrected chi connectivity index (χ1v) is 13.4. The van der Waals surface area contributed by atoms with Gasteiger partial charge in [0, 0.05) is 0 Å². The average Bonchev–Trinajstić information content (AvgIpc) is 2.96. The molecule has 1 aliphatic heterocycles. The Morgan fingerprint density at radius 3 is 1.13 bits per heavy atom. The van der Waals surface area contributed by atoms with Gasteiger partial charge in [0.05, 0.1) is 66.1 Å². The molecule has 0 amide bonds. The first kappa shape index (κ1) is 26.8. The van der Waals surface area contributed by atoms with Crippen molar-refractivity contribution in [2.75, 3.05) is 66.1 Å². The van der Waals surface area contributed by atoms with Crippen molar-refractivity contribution in [2.45, 2.75) is 12.2 Å². The Kier molecular flexibility index (Phi) is 10.1. The first-order valence-electron chi connectivity index (χ1n) is 13.4. The van der Waals surface area contributed by atoms with Crippen LogP contribution in [0.3, 0.4) is 0 Å². The smallest absolute Gasteiger partial charge is 0.114 e. The summed E-state index contributed by atoms with van der Waals surface area (Å²) in [6.07, 6.45) is -0.706. The standard InChI is InChI=1S/C32H36O6/c1-3-11-27-25(7-1)9-5-13-29(27)31-32(30-14-6-10-26-8-2-4-12-28(26)30)38-24-22-36-20-18-34-16-15-33-17-19-35-21-23-37-31/h1-14,31-32H,15-24H2/t31-,32-/m0/s1. The largest absolute Gasteiger partial charge is 0.377 e. The fourth-order valence-corrected chi connectivity index (χ4v) is 4.91. The Morgan fingerprint density at radius 1 is 0.368 bits per heavy atom. The highest BCUT2D eigenvalue weighted by atomic mass is 16.6. The summed E-state index contributed by atoms with van der Waals surface area (Å²) >= 11 is 0. The molecular weight excluding hydrogens is 480 g/mol. The molecule has 0 aliphatic carbocycles. The number of hydrogen-bond donors (Lipinski definition) is 0. The van der Waals surface area contributed by atoms with Gasteiger partial charge in [-0.3, -0.25) is 0 Å². The molecule has 4 aromatic rings. The van der Waals surface area contributed by atoms with Crippen molar-refractivity contribution < 1.29 is 28.4 Å². The Labute approximate surface area is 224 Å². The second-order valence-electron chi connectivity index (χ2n) is 9.17. The normalized spacial score (nSPS) is 21.6. The van der Waals surface area contributed by atoms with E-state index in [4.69, 9.17) is 28.4 Å². The maximum Gasteiger partial charge on any atom is 0.114 e. The molecule has 5 rings (SSSR count). The molecule has 6 nitrogen and oxygen atoms in total. The monoisotopic (exact) mass is 516 g/mol. The molecule has 0 N–H and O–H groups in total. The highest BCUT2D eigenvalue weighted by Gasteiger charge is 2.29. The predicted molar refractivity (Wildman–Crippen MR) is 149 cm³/mol. The molecule has 2 atom stereocenters. The lowest BCUT2D eigenvalue weighted by Gasteiger charge is -2.30. The zero-order valence-corrected chi connectivity index (χ0v) is 21.8. The van der Waals surface area contributed by atoms with Gasteiger partial charge in [0.1, 0.15) is 12.2 Å². The summed E-state index contributed by atoms with van der Waals surface area (Å²) < 4.78 is 36.1. The SMILES string of the molecule is c1ccc2c([C@@H]3OCCOCCOCCOCCOCCO[C@H]3c3cccc4ccccc34)cccc2c1. The molecule has 0 radical (unpaired) electrons. The van der Waals surface area contributed by atoms with Gasteiger partial charge in [-0.05, 0) is 32.7 Å². The maximum absolute atomic E-state index is 6.65. The second kappa shape index (κ2) is 14.4. The topological polar surface area (TPSA) is 55.4 Å². The van der Waals surface area contributed by atoms with Gasteiger partial charge in [-0.25, -0.2) is 0 Å². The molecule has 200 valence electrons. The lowest BCUT2D eigenvalue weighted by atomic mass is 9.91. The summed E-state index contributed by atoms with van der Waals surface area (Å²) in [6.45, 7) is 4.93. The van der Waals surface area contributed by atoms with Gasteiger partial charge in [0.25, 0.3) is 0 Å². The van der Waals surface area contributed by atoms with Crippen LogP contribution in [0, 0.1) is 0 Å². The summed E-state index contributed by atoms with van der Waals surface area (Å²) in [5, 5.41) is 4.64. The van der Waals surface area contributed by atoms with Crippen LogP contribution in [0.4, 0.5) is 0 Å². The van der Waals surface area contributed by atoms with Crippen LogP contribution in [0.2, 0.25) is 0 Å². The number of rotatable bonds is 2. The van der Waals surface area contributed by atoms with Crippen molar-refractivity contribution in [1.29, 1.82) is 0 Å². The summed E-state index contributed by atoms with van der Waals surface area (Å²) in [5.41, 5.74) is 2.18. The summed E-state index contributed by atoms with van der Waals surface area (Å²) in [6, 6.07) is 29.5. The van der Waals surface area contributed by atoms with Gasteiger partial charge in [-0.15, -0.1) is 0 Å². The maximum atomic E-state index is 6.65. The van der Waals surface area contributed by atoms with Crippen molar-refractivity contribution in [1.82, 2.24) is 0 Å². The van der Waals surface area contributed by atoms with Crippen molar-refractivity contribution in [3.8, 4) is 0 Å². The molecule has 38 heavy (non-hydrogen) atoms. The van der Waals surface area contributed by atoms with E-state index in [1.54, 1.807) is 0 Å². The van der Waals surface area contributed by atoms with Crippen LogP contribution in [-0.4, -0.2) is 66.1 Å². The average molecular weight is 517 g/mol. The third-order valence-corrected chi connectivity index (χ3v) is 6.70. The molecule has 1 fully saturated rings. The highest BCUT2D eigenvalue weighted by molar-refractivity contribution is 5.87.